The largest absolute Gasteiger partial charge is 0.490 e. The third-order valence-electron chi connectivity index (χ3n) is 15.7. The molecular formula is C57H60N8O6S. The van der Waals surface area contributed by atoms with E-state index in [0.717, 1.165) is 107 Å². The van der Waals surface area contributed by atoms with Crippen molar-refractivity contribution in [2.45, 2.75) is 102 Å². The van der Waals surface area contributed by atoms with E-state index >= 15 is 0 Å². The first kappa shape index (κ1) is 47.4. The molecule has 2 unspecified atom stereocenters. The molecule has 3 fully saturated rings. The van der Waals surface area contributed by atoms with Gasteiger partial charge in [0, 0.05) is 49.6 Å². The zero-order valence-electron chi connectivity index (χ0n) is 40.9. The lowest BCUT2D eigenvalue weighted by molar-refractivity contribution is -0.134. The fourth-order valence-electron chi connectivity index (χ4n) is 11.7. The molecule has 4 aliphatic rings. The van der Waals surface area contributed by atoms with Crippen molar-refractivity contribution in [1.29, 1.82) is 0 Å². The van der Waals surface area contributed by atoms with Gasteiger partial charge in [0.05, 0.1) is 33.4 Å². The SMILES string of the molecule is Cc1c(OC2CCC(CCCCN3CCC(c4ccc5c(C6CCC(=O)NC6=O)nn(C)c5c4)C3)CC2)cccc1-c1ccc(N2CCc3cccc(C(=O)Nc4nc5ccccc5s4)c3C2)nc1C(=O)O. The van der Waals surface area contributed by atoms with Crippen molar-refractivity contribution in [2.75, 3.05) is 36.4 Å². The van der Waals surface area contributed by atoms with E-state index in [4.69, 9.17) is 14.8 Å². The number of ether oxygens (including phenoxy) is 1. The highest BCUT2D eigenvalue weighted by Crippen LogP contribution is 2.39. The maximum Gasteiger partial charge on any atom is 0.355 e. The topological polar surface area (TPSA) is 172 Å². The Labute approximate surface area is 422 Å². The van der Waals surface area contributed by atoms with Gasteiger partial charge in [-0.2, -0.15) is 5.10 Å². The van der Waals surface area contributed by atoms with Crippen LogP contribution in [0.2, 0.25) is 0 Å². The Morgan fingerprint density at radius 3 is 2.56 bits per heavy atom. The number of nitrogens with one attached hydrogen (secondary N) is 2. The van der Waals surface area contributed by atoms with Crippen molar-refractivity contribution >= 4 is 67.1 Å². The van der Waals surface area contributed by atoms with Crippen LogP contribution < -0.4 is 20.3 Å². The van der Waals surface area contributed by atoms with E-state index in [0.29, 0.717) is 66.3 Å². The van der Waals surface area contributed by atoms with Crippen molar-refractivity contribution in [1.82, 2.24) is 30.0 Å². The molecule has 1 saturated carbocycles. The summed E-state index contributed by atoms with van der Waals surface area (Å²) < 4.78 is 9.57. The number of para-hydroxylation sites is 1. The highest BCUT2D eigenvalue weighted by atomic mass is 32.1. The third kappa shape index (κ3) is 9.71. The van der Waals surface area contributed by atoms with Crippen molar-refractivity contribution in [3.63, 3.8) is 0 Å². The molecule has 0 radical (unpaired) electrons. The molecule has 2 saturated heterocycles. The van der Waals surface area contributed by atoms with Crippen LogP contribution in [0, 0.1) is 12.8 Å². The highest BCUT2D eigenvalue weighted by Gasteiger charge is 2.33. The zero-order chi connectivity index (χ0) is 49.5. The van der Waals surface area contributed by atoms with Crippen LogP contribution in [0.25, 0.3) is 32.2 Å². The van der Waals surface area contributed by atoms with Gasteiger partial charge in [0.25, 0.3) is 5.91 Å². The first-order valence-electron chi connectivity index (χ1n) is 25.6. The smallest absolute Gasteiger partial charge is 0.355 e. The number of carboxylic acid groups (broad SMARTS) is 1. The number of aromatic carboxylic acids is 1. The first-order chi connectivity index (χ1) is 35.0. The highest BCUT2D eigenvalue weighted by molar-refractivity contribution is 7.22. The second kappa shape index (κ2) is 20.3. The molecule has 1 aliphatic carbocycles. The number of rotatable bonds is 14. The number of hydrogen-bond donors (Lipinski definition) is 3. The molecule has 3 aliphatic heterocycles. The number of likely N-dealkylation sites (tertiary alicyclic amines) is 1. The number of unbranched alkanes of at least 4 members (excludes halogenated alkanes) is 1. The van der Waals surface area contributed by atoms with Crippen LogP contribution in [0.1, 0.15) is 125 Å². The van der Waals surface area contributed by atoms with Gasteiger partial charge < -0.3 is 19.6 Å². The number of thiazole rings is 1. The maximum atomic E-state index is 13.7. The number of carbonyl (C=O) groups excluding carboxylic acids is 3. The fraction of sp³-hybridized carbons (Fsp3) is 0.386. The molecule has 3 aromatic heterocycles. The first-order valence-corrected chi connectivity index (χ1v) is 26.4. The van der Waals surface area contributed by atoms with Gasteiger partial charge in [0.2, 0.25) is 11.8 Å². The number of imide groups is 1. The lowest BCUT2D eigenvalue weighted by atomic mass is 9.84. The monoisotopic (exact) mass is 984 g/mol. The summed E-state index contributed by atoms with van der Waals surface area (Å²) in [5.74, 6) is 0.315. The predicted octanol–water partition coefficient (Wildman–Crippen LogP) is 10.2. The molecule has 3 N–H and O–H groups in total. The average molecular weight is 985 g/mol. The van der Waals surface area contributed by atoms with E-state index in [1.807, 2.05) is 85.4 Å². The minimum atomic E-state index is -1.10. The summed E-state index contributed by atoms with van der Waals surface area (Å²) in [6.45, 7) is 6.32. The number of fused-ring (bicyclic) bond motifs is 3. The number of piperidine rings is 1. The summed E-state index contributed by atoms with van der Waals surface area (Å²) in [5.41, 5.74) is 8.72. The molecule has 72 heavy (non-hydrogen) atoms. The van der Waals surface area contributed by atoms with Crippen LogP contribution in [0.15, 0.2) is 91.0 Å². The maximum absolute atomic E-state index is 13.7. The molecule has 15 heteroatoms. The molecular weight excluding hydrogens is 925 g/mol. The molecule has 7 aromatic rings. The van der Waals surface area contributed by atoms with Gasteiger partial charge in [-0.25, -0.2) is 14.8 Å². The Morgan fingerprint density at radius 1 is 0.875 bits per heavy atom. The summed E-state index contributed by atoms with van der Waals surface area (Å²) in [7, 11) is 1.93. The van der Waals surface area contributed by atoms with Gasteiger partial charge in [-0.3, -0.25) is 29.7 Å². The minimum Gasteiger partial charge on any atom is -0.490 e. The number of nitrogens with zero attached hydrogens (tertiary/aromatic N) is 6. The van der Waals surface area contributed by atoms with E-state index < -0.39 is 11.9 Å². The van der Waals surface area contributed by atoms with Gasteiger partial charge in [-0.05, 0) is 153 Å². The third-order valence-corrected chi connectivity index (χ3v) is 16.6. The molecule has 4 aromatic carbocycles. The van der Waals surface area contributed by atoms with E-state index in [2.05, 4.69) is 49.7 Å². The molecule has 2 atom stereocenters. The second-order valence-corrected chi connectivity index (χ2v) is 21.2. The summed E-state index contributed by atoms with van der Waals surface area (Å²) in [6.07, 6.45) is 10.7. The number of carboxylic acids is 1. The van der Waals surface area contributed by atoms with Gasteiger partial charge >= 0.3 is 5.97 Å². The normalized spacial score (nSPS) is 20.4. The van der Waals surface area contributed by atoms with E-state index in [-0.39, 0.29) is 29.5 Å². The fourth-order valence-corrected chi connectivity index (χ4v) is 12.5. The number of hydrogen-bond acceptors (Lipinski definition) is 11. The number of carbonyl (C=O) groups is 4. The quantitative estimate of drug-likeness (QED) is 0.0700. The Kier molecular flexibility index (Phi) is 13.3. The van der Waals surface area contributed by atoms with Crippen LogP contribution in [-0.4, -0.2) is 85.7 Å². The Hall–Kier alpha value is -6.97. The molecule has 0 spiro atoms. The summed E-state index contributed by atoms with van der Waals surface area (Å²) in [5, 5.41) is 22.3. The van der Waals surface area contributed by atoms with Crippen LogP contribution >= 0.6 is 11.3 Å². The standard InChI is InChI=1S/C57H60N8O6S/c1-34-40(41-22-24-50(59-53(41)56(69)70)65-30-27-36-10-7-12-42(45(36)33-65)54(67)61-57-58-46-13-3-4-15-49(46)72-57)11-8-14-48(34)71-39-19-16-35(17-20-39)9-5-6-28-64-29-26-38(32-64)37-18-21-43-47(31-37)63(2)62-52(43)44-23-25-51(66)60-55(44)68/h3-4,7-8,10-15,18,21-22,24,31,35,38-39,44H,5-6,9,16-17,19-20,23,25-30,32-33H2,1-2H3,(H,69,70)(H,58,61,67)(H,60,66,68). The molecule has 0 bridgehead atoms. The number of pyridine rings is 1. The van der Waals surface area contributed by atoms with Crippen LogP contribution in [0.5, 0.6) is 5.75 Å². The molecule has 11 rings (SSSR count). The zero-order valence-corrected chi connectivity index (χ0v) is 41.7. The summed E-state index contributed by atoms with van der Waals surface area (Å²) in [4.78, 5) is 64.9. The lowest BCUT2D eigenvalue weighted by Gasteiger charge is -2.31. The van der Waals surface area contributed by atoms with E-state index in [1.54, 1.807) is 0 Å². The minimum absolute atomic E-state index is 0.0171. The van der Waals surface area contributed by atoms with Crippen LogP contribution in [0.3, 0.4) is 0 Å². The number of aromatic nitrogens is 4. The van der Waals surface area contributed by atoms with Crippen molar-refractivity contribution in [3.8, 4) is 16.9 Å². The number of amides is 3. The molecule has 6 heterocycles. The number of anilines is 2. The van der Waals surface area contributed by atoms with Gasteiger partial charge in [-0.15, -0.1) is 0 Å². The lowest BCUT2D eigenvalue weighted by Crippen LogP contribution is -2.39. The molecule has 370 valence electrons. The van der Waals surface area contributed by atoms with Gasteiger partial charge in [0.1, 0.15) is 11.6 Å². The van der Waals surface area contributed by atoms with Crippen molar-refractivity contribution in [2.24, 2.45) is 13.0 Å². The van der Waals surface area contributed by atoms with Gasteiger partial charge in [-0.1, -0.05) is 72.7 Å². The van der Waals surface area contributed by atoms with Gasteiger partial charge in [0.15, 0.2) is 10.8 Å². The van der Waals surface area contributed by atoms with E-state index in [9.17, 15) is 24.3 Å². The number of aryl methyl sites for hydroxylation is 1. The number of benzene rings is 4. The second-order valence-electron chi connectivity index (χ2n) is 20.2. The average Bonchev–Trinajstić information content (AvgIpc) is 4.12. The van der Waals surface area contributed by atoms with Crippen LogP contribution in [0.4, 0.5) is 10.9 Å². The van der Waals surface area contributed by atoms with Crippen LogP contribution in [-0.2, 0) is 29.6 Å². The molecule has 3 amide bonds. The summed E-state index contributed by atoms with van der Waals surface area (Å²) >= 11 is 1.44. The molecule has 14 nitrogen and oxygen atoms in total. The van der Waals surface area contributed by atoms with Crippen molar-refractivity contribution < 1.29 is 29.0 Å². The predicted molar refractivity (Wildman–Crippen MR) is 280 cm³/mol. The van der Waals surface area contributed by atoms with E-state index in [1.165, 1.54) is 36.2 Å². The summed E-state index contributed by atoms with van der Waals surface area (Å²) in [6, 6.07) is 29.8. The Bertz CT molecular complexity index is 3200. The Balaban J connectivity index is 0.662. The van der Waals surface area contributed by atoms with Crippen molar-refractivity contribution in [3.05, 3.63) is 130 Å². The Morgan fingerprint density at radius 2 is 1.72 bits per heavy atom.